The Morgan fingerprint density at radius 3 is 2.67 bits per heavy atom. The quantitative estimate of drug-likeness (QED) is 0.870. The van der Waals surface area contributed by atoms with E-state index in [1.165, 1.54) is 0 Å². The number of carbonyl (C=O) groups is 2. The molecule has 1 fully saturated rings. The standard InChI is InChI=1S/C19H28N2O3/c1-15(22)21-11-7-10-17(12-21)18(23)20-19(2,3)14-24-13-16-8-5-4-6-9-16/h4-6,8-9,17H,7,10-14H2,1-3H3,(H,20,23)/t17-/m1/s1. The van der Waals surface area contributed by atoms with Gasteiger partial charge in [0.1, 0.15) is 0 Å². The summed E-state index contributed by atoms with van der Waals surface area (Å²) < 4.78 is 5.75. The largest absolute Gasteiger partial charge is 0.374 e. The fourth-order valence-corrected chi connectivity index (χ4v) is 2.95. The molecule has 0 unspecified atom stereocenters. The average Bonchev–Trinajstić information content (AvgIpc) is 2.55. The maximum Gasteiger partial charge on any atom is 0.225 e. The zero-order chi connectivity index (χ0) is 17.6. The fourth-order valence-electron chi connectivity index (χ4n) is 2.95. The van der Waals surface area contributed by atoms with E-state index in [2.05, 4.69) is 5.32 Å². The van der Waals surface area contributed by atoms with Crippen molar-refractivity contribution in [2.75, 3.05) is 19.7 Å². The predicted molar refractivity (Wildman–Crippen MR) is 93.3 cm³/mol. The van der Waals surface area contributed by atoms with Crippen molar-refractivity contribution in [2.45, 2.75) is 45.8 Å². The van der Waals surface area contributed by atoms with Gasteiger partial charge in [-0.3, -0.25) is 9.59 Å². The molecule has 1 aliphatic heterocycles. The lowest BCUT2D eigenvalue weighted by Crippen LogP contribution is -2.52. The van der Waals surface area contributed by atoms with Crippen molar-refractivity contribution in [1.82, 2.24) is 10.2 Å². The Morgan fingerprint density at radius 2 is 2.00 bits per heavy atom. The molecule has 0 aliphatic carbocycles. The zero-order valence-corrected chi connectivity index (χ0v) is 14.9. The molecule has 0 saturated carbocycles. The summed E-state index contributed by atoms with van der Waals surface area (Å²) in [4.78, 5) is 25.8. The molecule has 0 radical (unpaired) electrons. The monoisotopic (exact) mass is 332 g/mol. The van der Waals surface area contributed by atoms with Gasteiger partial charge in [0, 0.05) is 20.0 Å². The molecule has 5 nitrogen and oxygen atoms in total. The second-order valence-electron chi connectivity index (χ2n) is 7.16. The van der Waals surface area contributed by atoms with Crippen LogP contribution in [0.4, 0.5) is 0 Å². The van der Waals surface area contributed by atoms with Crippen LogP contribution in [-0.2, 0) is 20.9 Å². The van der Waals surface area contributed by atoms with Gasteiger partial charge in [0.05, 0.1) is 24.7 Å². The van der Waals surface area contributed by atoms with E-state index in [0.29, 0.717) is 19.8 Å². The van der Waals surface area contributed by atoms with Crippen LogP contribution in [0.5, 0.6) is 0 Å². The van der Waals surface area contributed by atoms with Gasteiger partial charge in [-0.05, 0) is 32.3 Å². The summed E-state index contributed by atoms with van der Waals surface area (Å²) in [6.45, 7) is 7.72. The molecule has 0 aromatic heterocycles. The Balaban J connectivity index is 1.79. The minimum Gasteiger partial charge on any atom is -0.374 e. The van der Waals surface area contributed by atoms with Crippen LogP contribution in [0, 0.1) is 5.92 Å². The van der Waals surface area contributed by atoms with Gasteiger partial charge in [-0.25, -0.2) is 0 Å². The van der Waals surface area contributed by atoms with Crippen LogP contribution in [0.15, 0.2) is 30.3 Å². The molecule has 0 bridgehead atoms. The highest BCUT2D eigenvalue weighted by atomic mass is 16.5. The van der Waals surface area contributed by atoms with Gasteiger partial charge in [0.15, 0.2) is 0 Å². The van der Waals surface area contributed by atoms with E-state index in [9.17, 15) is 9.59 Å². The Hall–Kier alpha value is -1.88. The molecule has 1 aromatic rings. The van der Waals surface area contributed by atoms with Crippen molar-refractivity contribution in [3.05, 3.63) is 35.9 Å². The summed E-state index contributed by atoms with van der Waals surface area (Å²) in [7, 11) is 0. The number of nitrogens with zero attached hydrogens (tertiary/aromatic N) is 1. The lowest BCUT2D eigenvalue weighted by Gasteiger charge is -2.34. The van der Waals surface area contributed by atoms with E-state index in [-0.39, 0.29) is 17.7 Å². The van der Waals surface area contributed by atoms with Gasteiger partial charge in [-0.15, -0.1) is 0 Å². The van der Waals surface area contributed by atoms with E-state index >= 15 is 0 Å². The second-order valence-corrected chi connectivity index (χ2v) is 7.16. The highest BCUT2D eigenvalue weighted by Gasteiger charge is 2.30. The Bertz CT molecular complexity index is 557. The van der Waals surface area contributed by atoms with Crippen molar-refractivity contribution < 1.29 is 14.3 Å². The van der Waals surface area contributed by atoms with Crippen LogP contribution in [-0.4, -0.2) is 41.9 Å². The number of benzene rings is 1. The Labute approximate surface area is 144 Å². The first kappa shape index (κ1) is 18.5. The summed E-state index contributed by atoms with van der Waals surface area (Å²) in [5.41, 5.74) is 0.675. The average molecular weight is 332 g/mol. The van der Waals surface area contributed by atoms with E-state index in [1.54, 1.807) is 11.8 Å². The van der Waals surface area contributed by atoms with Crippen LogP contribution in [0.2, 0.25) is 0 Å². The number of nitrogens with one attached hydrogen (secondary N) is 1. The number of ether oxygens (including phenoxy) is 1. The molecule has 2 amide bonds. The molecule has 1 aliphatic rings. The van der Waals surface area contributed by atoms with Gasteiger partial charge >= 0.3 is 0 Å². The van der Waals surface area contributed by atoms with Crippen molar-refractivity contribution in [3.8, 4) is 0 Å². The molecule has 132 valence electrons. The lowest BCUT2D eigenvalue weighted by molar-refractivity contribution is -0.134. The summed E-state index contributed by atoms with van der Waals surface area (Å²) in [6, 6.07) is 9.97. The predicted octanol–water partition coefficient (Wildman–Crippen LogP) is 2.36. The van der Waals surface area contributed by atoms with Crippen LogP contribution in [0.25, 0.3) is 0 Å². The number of piperidine rings is 1. The number of hydrogen-bond acceptors (Lipinski definition) is 3. The van der Waals surface area contributed by atoms with Crippen molar-refractivity contribution >= 4 is 11.8 Å². The third-order valence-electron chi connectivity index (χ3n) is 4.27. The molecule has 0 spiro atoms. The molecule has 1 heterocycles. The van der Waals surface area contributed by atoms with Crippen LogP contribution in [0.3, 0.4) is 0 Å². The van der Waals surface area contributed by atoms with E-state index in [1.807, 2.05) is 44.2 Å². The smallest absolute Gasteiger partial charge is 0.225 e. The van der Waals surface area contributed by atoms with Crippen LogP contribution >= 0.6 is 0 Å². The summed E-state index contributed by atoms with van der Waals surface area (Å²) >= 11 is 0. The first-order chi connectivity index (χ1) is 11.4. The molecule has 24 heavy (non-hydrogen) atoms. The number of rotatable bonds is 6. The summed E-state index contributed by atoms with van der Waals surface area (Å²) in [6.07, 6.45) is 1.71. The highest BCUT2D eigenvalue weighted by Crippen LogP contribution is 2.18. The number of amides is 2. The second kappa shape index (κ2) is 8.29. The SMILES string of the molecule is CC(=O)N1CCC[C@@H](C(=O)NC(C)(C)COCc2ccccc2)C1. The molecule has 1 N–H and O–H groups in total. The van der Waals surface area contributed by atoms with E-state index in [4.69, 9.17) is 4.74 Å². The molecule has 1 aromatic carbocycles. The summed E-state index contributed by atoms with van der Waals surface area (Å²) in [5, 5.41) is 3.07. The van der Waals surface area contributed by atoms with Gasteiger partial charge in [0.2, 0.25) is 11.8 Å². The normalized spacial score (nSPS) is 18.3. The highest BCUT2D eigenvalue weighted by molar-refractivity contribution is 5.81. The number of carbonyl (C=O) groups excluding carboxylic acids is 2. The van der Waals surface area contributed by atoms with Crippen LogP contribution in [0.1, 0.15) is 39.2 Å². The Kier molecular flexibility index (Phi) is 6.37. The first-order valence-electron chi connectivity index (χ1n) is 8.56. The maximum atomic E-state index is 12.5. The molecular formula is C19H28N2O3. The fraction of sp³-hybridized carbons (Fsp3) is 0.579. The zero-order valence-electron chi connectivity index (χ0n) is 14.9. The van der Waals surface area contributed by atoms with Gasteiger partial charge in [-0.1, -0.05) is 30.3 Å². The summed E-state index contributed by atoms with van der Waals surface area (Å²) in [5.74, 6) is -0.0803. The van der Waals surface area contributed by atoms with Gasteiger partial charge < -0.3 is 15.0 Å². The minimum absolute atomic E-state index is 0.00858. The topological polar surface area (TPSA) is 58.6 Å². The molecule has 1 atom stereocenters. The van der Waals surface area contributed by atoms with Crippen molar-refractivity contribution in [1.29, 1.82) is 0 Å². The first-order valence-corrected chi connectivity index (χ1v) is 8.56. The third kappa shape index (κ3) is 5.64. The number of likely N-dealkylation sites (tertiary alicyclic amines) is 1. The van der Waals surface area contributed by atoms with Gasteiger partial charge in [-0.2, -0.15) is 0 Å². The molecular weight excluding hydrogens is 304 g/mol. The molecule has 5 heteroatoms. The maximum absolute atomic E-state index is 12.5. The third-order valence-corrected chi connectivity index (χ3v) is 4.27. The van der Waals surface area contributed by atoms with E-state index < -0.39 is 5.54 Å². The van der Waals surface area contributed by atoms with Gasteiger partial charge in [0.25, 0.3) is 0 Å². The lowest BCUT2D eigenvalue weighted by atomic mass is 9.95. The molecule has 2 rings (SSSR count). The van der Waals surface area contributed by atoms with Crippen molar-refractivity contribution in [2.24, 2.45) is 5.92 Å². The Morgan fingerprint density at radius 1 is 1.29 bits per heavy atom. The van der Waals surface area contributed by atoms with E-state index in [0.717, 1.165) is 24.9 Å². The van der Waals surface area contributed by atoms with Crippen molar-refractivity contribution in [3.63, 3.8) is 0 Å². The molecule has 1 saturated heterocycles. The van der Waals surface area contributed by atoms with Crippen LogP contribution < -0.4 is 5.32 Å². The minimum atomic E-state index is -0.440. The number of hydrogen-bond donors (Lipinski definition) is 1.